The number of halogens is 3. The number of anilines is 1. The smallest absolute Gasteiger partial charge is 0.459 e. The molecule has 0 spiro atoms. The Morgan fingerprint density at radius 2 is 1.94 bits per heavy atom. The average molecular weight is 683 g/mol. The summed E-state index contributed by atoms with van der Waals surface area (Å²) in [4.78, 5) is 16.7. The van der Waals surface area contributed by atoms with E-state index >= 15 is 0 Å². The third kappa shape index (κ3) is 7.53. The van der Waals surface area contributed by atoms with Gasteiger partial charge in [-0.15, -0.1) is 0 Å². The number of nitrogens with one attached hydrogen (secondary N) is 1. The Balaban J connectivity index is 1.28. The molecule has 5 N–H and O–H groups in total. The zero-order valence-electron chi connectivity index (χ0n) is 25.1. The van der Waals surface area contributed by atoms with E-state index in [1.54, 1.807) is 30.3 Å². The summed E-state index contributed by atoms with van der Waals surface area (Å²) in [6, 6.07) is 11.4. The number of hydrogen-bond donors (Lipinski definition) is 4. The number of alkyl halides is 3. The number of fused-ring (bicyclic) bond motifs is 1. The molecule has 1 saturated heterocycles. The molecular weight excluding hydrogens is 648 g/mol. The van der Waals surface area contributed by atoms with Crippen molar-refractivity contribution in [3.8, 4) is 11.8 Å². The molecule has 1 aliphatic carbocycles. The number of hydrogen-bond acceptors (Lipinski definition) is 12. The molecule has 18 heteroatoms. The summed E-state index contributed by atoms with van der Waals surface area (Å²) in [7, 11) is -4.56. The summed E-state index contributed by atoms with van der Waals surface area (Å²) < 4.78 is 76.8. The van der Waals surface area contributed by atoms with Gasteiger partial charge in [-0.3, -0.25) is 9.32 Å². The maximum absolute atomic E-state index is 14.0. The Hall–Kier alpha value is -3.78. The predicted octanol–water partition coefficient (Wildman–Crippen LogP) is 3.46. The van der Waals surface area contributed by atoms with Gasteiger partial charge in [0.1, 0.15) is 54.6 Å². The molecule has 0 unspecified atom stereocenters. The Bertz CT molecular complexity index is 1650. The lowest BCUT2D eigenvalue weighted by atomic mass is 9.82. The van der Waals surface area contributed by atoms with Crippen molar-refractivity contribution in [2.45, 2.75) is 68.7 Å². The van der Waals surface area contributed by atoms with Crippen LogP contribution in [0.25, 0.3) is 5.52 Å². The van der Waals surface area contributed by atoms with Crippen molar-refractivity contribution >= 4 is 25.1 Å². The molecule has 2 fully saturated rings. The Morgan fingerprint density at radius 1 is 1.23 bits per heavy atom. The summed E-state index contributed by atoms with van der Waals surface area (Å²) in [5, 5.41) is 38.6. The minimum atomic E-state index is -4.56. The van der Waals surface area contributed by atoms with Crippen LogP contribution in [-0.4, -0.2) is 74.0 Å². The van der Waals surface area contributed by atoms with E-state index in [1.165, 1.54) is 36.0 Å². The van der Waals surface area contributed by atoms with E-state index < -0.39 is 62.4 Å². The highest BCUT2D eigenvalue weighted by atomic mass is 31.2. The highest BCUT2D eigenvalue weighted by Crippen LogP contribution is 2.48. The van der Waals surface area contributed by atoms with Crippen molar-refractivity contribution < 1.29 is 51.3 Å². The summed E-state index contributed by atoms with van der Waals surface area (Å²) in [6.07, 6.45) is -7.53. The Morgan fingerprint density at radius 3 is 2.60 bits per heavy atom. The molecule has 3 heterocycles. The monoisotopic (exact) mass is 682 g/mol. The van der Waals surface area contributed by atoms with Gasteiger partial charge in [-0.2, -0.15) is 28.6 Å². The first-order chi connectivity index (χ1) is 22.2. The van der Waals surface area contributed by atoms with Gasteiger partial charge in [0.15, 0.2) is 5.82 Å². The van der Waals surface area contributed by atoms with Crippen molar-refractivity contribution in [2.24, 2.45) is 11.8 Å². The van der Waals surface area contributed by atoms with E-state index in [9.17, 15) is 38.0 Å². The first kappa shape index (κ1) is 34.6. The molecule has 47 heavy (non-hydrogen) atoms. The highest BCUT2D eigenvalue weighted by Gasteiger charge is 2.57. The SMILES string of the molecule is C[C@H](N[P@](=O)(OC[C@@]1(C#N)O[C@@H](c2ccc3c(N)ncnn23)[C@H](O)[C@@H]1O)Oc1ccccc1)C(=O)OCC1CCC(C(F)(F)F)CC1. The maximum atomic E-state index is 14.0. The number of rotatable bonds is 11. The molecule has 5 rings (SSSR count). The molecule has 6 atom stereocenters. The third-order valence-electron chi connectivity index (χ3n) is 8.33. The number of benzene rings is 1. The molecule has 1 aromatic carbocycles. The van der Waals surface area contributed by atoms with Crippen LogP contribution in [0.4, 0.5) is 19.0 Å². The van der Waals surface area contributed by atoms with Crippen LogP contribution in [0.15, 0.2) is 48.8 Å². The average Bonchev–Trinajstić information content (AvgIpc) is 3.58. The van der Waals surface area contributed by atoms with Crippen molar-refractivity contribution in [2.75, 3.05) is 18.9 Å². The number of nitrogens with zero attached hydrogens (tertiary/aromatic N) is 4. The number of aliphatic hydroxyl groups is 2. The van der Waals surface area contributed by atoms with E-state index in [0.717, 1.165) is 0 Å². The standard InChI is InChI=1S/C29H34F3N6O8P/c1-17(27(41)43-13-18-7-9-19(10-8-18)29(30,31)32)37-47(42,46-20-5-3-2-4-6-20)44-15-28(14-33)25(40)23(39)24(45-28)21-11-12-22-26(34)35-16-36-38(21)22/h2-6,11-12,16-19,23-25,39-40H,7-10,13,15H2,1H3,(H,37,42)(H2,34,35,36)/t17-,18?,19?,23-,24-,25-,28+,47-/m0/s1. The first-order valence-electron chi connectivity index (χ1n) is 14.8. The summed E-state index contributed by atoms with van der Waals surface area (Å²) >= 11 is 0. The lowest BCUT2D eigenvalue weighted by molar-refractivity contribution is -0.185. The third-order valence-corrected chi connectivity index (χ3v) is 9.96. The van der Waals surface area contributed by atoms with Gasteiger partial charge in [-0.1, -0.05) is 18.2 Å². The second-order valence-corrected chi connectivity index (χ2v) is 13.3. The van der Waals surface area contributed by atoms with E-state index in [1.807, 2.05) is 0 Å². The molecular formula is C29H34F3N6O8P. The number of para-hydroxylation sites is 1. The number of nitriles is 1. The summed E-state index contributed by atoms with van der Waals surface area (Å²) in [5.41, 5.74) is 4.25. The van der Waals surface area contributed by atoms with E-state index in [2.05, 4.69) is 15.2 Å². The number of carbonyl (C=O) groups excluding carboxylic acids is 1. The molecule has 254 valence electrons. The van der Waals surface area contributed by atoms with Gasteiger partial charge in [0, 0.05) is 0 Å². The van der Waals surface area contributed by atoms with Gasteiger partial charge in [-0.25, -0.2) is 14.1 Å². The fourth-order valence-corrected chi connectivity index (χ4v) is 7.16. The number of aromatic nitrogens is 3. The number of esters is 1. The normalized spacial score (nSPS) is 28.3. The van der Waals surface area contributed by atoms with Gasteiger partial charge in [0.25, 0.3) is 0 Å². The quantitative estimate of drug-likeness (QED) is 0.169. The highest BCUT2D eigenvalue weighted by molar-refractivity contribution is 7.52. The van der Waals surface area contributed by atoms with Crippen LogP contribution >= 0.6 is 7.75 Å². The largest absolute Gasteiger partial charge is 0.464 e. The molecule has 0 bridgehead atoms. The summed E-state index contributed by atoms with van der Waals surface area (Å²) in [5.74, 6) is -2.30. The summed E-state index contributed by atoms with van der Waals surface area (Å²) in [6.45, 7) is 0.307. The van der Waals surface area contributed by atoms with Crippen molar-refractivity contribution in [1.29, 1.82) is 5.26 Å². The second-order valence-electron chi connectivity index (χ2n) is 11.6. The minimum Gasteiger partial charge on any atom is -0.464 e. The van der Waals surface area contributed by atoms with Crippen molar-refractivity contribution in [3.63, 3.8) is 0 Å². The van der Waals surface area contributed by atoms with Gasteiger partial charge in [0.2, 0.25) is 5.60 Å². The topological polar surface area (TPSA) is 204 Å². The number of aliphatic hydroxyl groups excluding tert-OH is 2. The van der Waals surface area contributed by atoms with E-state index in [0.29, 0.717) is 5.52 Å². The zero-order chi connectivity index (χ0) is 34.0. The van der Waals surface area contributed by atoms with Crippen LogP contribution in [0.3, 0.4) is 0 Å². The lowest BCUT2D eigenvalue weighted by Gasteiger charge is -2.30. The van der Waals surface area contributed by atoms with Crippen LogP contribution in [0.5, 0.6) is 5.75 Å². The van der Waals surface area contributed by atoms with Gasteiger partial charge >= 0.3 is 19.9 Å². The van der Waals surface area contributed by atoms with Gasteiger partial charge in [0.05, 0.1) is 18.2 Å². The van der Waals surface area contributed by atoms with Crippen LogP contribution in [0, 0.1) is 23.2 Å². The van der Waals surface area contributed by atoms with E-state index in [4.69, 9.17) is 24.3 Å². The molecule has 1 saturated carbocycles. The molecule has 0 radical (unpaired) electrons. The van der Waals surface area contributed by atoms with E-state index in [-0.39, 0.29) is 55.5 Å². The lowest BCUT2D eigenvalue weighted by Crippen LogP contribution is -2.46. The second kappa shape index (κ2) is 13.8. The van der Waals surface area contributed by atoms with Crippen LogP contribution in [-0.2, 0) is 23.4 Å². The first-order valence-corrected chi connectivity index (χ1v) is 16.3. The van der Waals surface area contributed by atoms with Gasteiger partial charge in [-0.05, 0) is 62.8 Å². The fourth-order valence-electron chi connectivity index (χ4n) is 5.64. The number of nitrogens with two attached hydrogens (primary N) is 1. The number of nitrogen functional groups attached to an aromatic ring is 1. The molecule has 2 aliphatic rings. The van der Waals surface area contributed by atoms with Gasteiger partial charge < -0.3 is 29.9 Å². The molecule has 2 aromatic heterocycles. The molecule has 0 amide bonds. The van der Waals surface area contributed by atoms with Crippen molar-refractivity contribution in [1.82, 2.24) is 19.7 Å². The van der Waals surface area contributed by atoms with Crippen LogP contribution in [0.2, 0.25) is 0 Å². The zero-order valence-corrected chi connectivity index (χ0v) is 26.0. The number of carbonyl (C=O) groups is 1. The van der Waals surface area contributed by atoms with Crippen molar-refractivity contribution in [3.05, 3.63) is 54.5 Å². The Kier molecular flexibility index (Phi) is 10.1. The Labute approximate surface area is 267 Å². The maximum Gasteiger partial charge on any atom is 0.459 e. The molecule has 14 nitrogen and oxygen atoms in total. The molecule has 3 aromatic rings. The minimum absolute atomic E-state index is 0.0554. The van der Waals surface area contributed by atoms with Crippen LogP contribution < -0.4 is 15.3 Å². The fraction of sp³-hybridized carbons (Fsp3) is 0.517. The number of ether oxygens (including phenoxy) is 2. The predicted molar refractivity (Wildman–Crippen MR) is 157 cm³/mol. The molecule has 1 aliphatic heterocycles. The van der Waals surface area contributed by atoms with Crippen LogP contribution in [0.1, 0.15) is 44.4 Å².